The van der Waals surface area contributed by atoms with E-state index in [0.717, 1.165) is 63.4 Å². The van der Waals surface area contributed by atoms with Gasteiger partial charge in [0.25, 0.3) is 0 Å². The third-order valence-corrected chi connectivity index (χ3v) is 10.8. The molecule has 7 rings (SSSR count). The average molecular weight is 722 g/mol. The molecule has 0 bridgehead atoms. The molecular weight excluding hydrogens is 675 g/mol. The number of aromatic nitrogens is 6. The molecule has 0 spiro atoms. The van der Waals surface area contributed by atoms with Gasteiger partial charge >= 0.3 is 12.1 Å². The number of nitrogens with zero attached hydrogens (tertiary/aromatic N) is 8. The summed E-state index contributed by atoms with van der Waals surface area (Å²) in [7, 11) is 3.71. The number of aliphatic carboxylic acids is 1. The minimum absolute atomic E-state index is 0.0399. The molecule has 5 heterocycles. The minimum Gasteiger partial charge on any atom is -0.481 e. The molecule has 2 N–H and O–H groups in total. The number of H-pyrrole nitrogens is 1. The van der Waals surface area contributed by atoms with Crippen LogP contribution in [-0.2, 0) is 15.7 Å². The molecule has 3 fully saturated rings. The van der Waals surface area contributed by atoms with Crippen LogP contribution in [0.1, 0.15) is 75.5 Å². The van der Waals surface area contributed by atoms with Crippen LogP contribution >= 0.6 is 0 Å². The molecule has 0 unspecified atom stereocenters. The number of carbonyl (C=O) groups is 1. The second kappa shape index (κ2) is 14.6. The Balaban J connectivity index is 1.19. The molecule has 3 aliphatic rings. The first-order valence-corrected chi connectivity index (χ1v) is 18.1. The molecule has 1 aliphatic heterocycles. The van der Waals surface area contributed by atoms with Crippen molar-refractivity contribution in [2.75, 3.05) is 63.3 Å². The van der Waals surface area contributed by atoms with Crippen molar-refractivity contribution >= 4 is 28.6 Å². The van der Waals surface area contributed by atoms with Gasteiger partial charge in [0.05, 0.1) is 41.6 Å². The van der Waals surface area contributed by atoms with E-state index in [2.05, 4.69) is 31.6 Å². The van der Waals surface area contributed by atoms with Gasteiger partial charge < -0.3 is 24.6 Å². The van der Waals surface area contributed by atoms with E-state index in [9.17, 15) is 18.0 Å². The standard InChI is InChI=1S/C37H46F3N9O3/c1-23-20-49(14-13-48(23)12-6-7-31(50)51)30-19-41-28(18-42-30)34-45-33-29(47(2)21-36(22-52-3)10-4-5-11-36)16-27(44-35(33)46-34)25-15-26(37(38,39)40)32(43-17-25)24-8-9-24/h15-19,23-24H,4-14,20-22H2,1-3H3,(H,50,51)(H,44,45,46)/t23-/m1/s1. The van der Waals surface area contributed by atoms with E-state index in [4.69, 9.17) is 29.8 Å². The maximum Gasteiger partial charge on any atom is 0.418 e. The number of fused-ring (bicyclic) bond motifs is 1. The Bertz CT molecular complexity index is 1890. The second-order valence-electron chi connectivity index (χ2n) is 14.8. The highest BCUT2D eigenvalue weighted by molar-refractivity contribution is 5.91. The lowest BCUT2D eigenvalue weighted by Crippen LogP contribution is -2.52. The van der Waals surface area contributed by atoms with Crippen LogP contribution in [0.2, 0.25) is 0 Å². The number of halogens is 3. The molecule has 4 aromatic rings. The number of aromatic amines is 1. The maximum absolute atomic E-state index is 14.2. The molecular formula is C37H46F3N9O3. The quantitative estimate of drug-likeness (QED) is 0.159. The topological polar surface area (TPSA) is 136 Å². The van der Waals surface area contributed by atoms with E-state index < -0.39 is 17.7 Å². The summed E-state index contributed by atoms with van der Waals surface area (Å²) in [6, 6.07) is 3.23. The number of nitrogens with one attached hydrogen (secondary N) is 1. The predicted molar refractivity (Wildman–Crippen MR) is 191 cm³/mol. The predicted octanol–water partition coefficient (Wildman–Crippen LogP) is 6.39. The van der Waals surface area contributed by atoms with Gasteiger partial charge in [-0.05, 0) is 57.7 Å². The van der Waals surface area contributed by atoms with Crippen molar-refractivity contribution in [1.29, 1.82) is 0 Å². The number of methoxy groups -OCH3 is 1. The molecule has 0 amide bonds. The van der Waals surface area contributed by atoms with Crippen LogP contribution in [0.5, 0.6) is 0 Å². The van der Waals surface area contributed by atoms with E-state index in [-0.39, 0.29) is 35.1 Å². The summed E-state index contributed by atoms with van der Waals surface area (Å²) in [6.07, 6.45) is 6.87. The summed E-state index contributed by atoms with van der Waals surface area (Å²) in [4.78, 5) is 44.3. The number of alkyl halides is 3. The Morgan fingerprint density at radius 2 is 1.87 bits per heavy atom. The van der Waals surface area contributed by atoms with E-state index in [1.807, 2.05) is 13.1 Å². The van der Waals surface area contributed by atoms with Crippen LogP contribution in [0.3, 0.4) is 0 Å². The highest BCUT2D eigenvalue weighted by atomic mass is 19.4. The smallest absolute Gasteiger partial charge is 0.418 e. The number of carboxylic acids is 1. The van der Waals surface area contributed by atoms with Gasteiger partial charge in [-0.2, -0.15) is 13.2 Å². The number of hydrogen-bond donors (Lipinski definition) is 2. The molecule has 2 aliphatic carbocycles. The Kier molecular flexibility index (Phi) is 10.1. The Morgan fingerprint density at radius 3 is 2.52 bits per heavy atom. The van der Waals surface area contributed by atoms with Crippen LogP contribution in [0.15, 0.2) is 30.7 Å². The summed E-state index contributed by atoms with van der Waals surface area (Å²) >= 11 is 0. The van der Waals surface area contributed by atoms with Crippen molar-refractivity contribution in [2.45, 2.75) is 76.4 Å². The monoisotopic (exact) mass is 721 g/mol. The van der Waals surface area contributed by atoms with Gasteiger partial charge in [-0.25, -0.2) is 19.9 Å². The number of ether oxygens (including phenoxy) is 1. The van der Waals surface area contributed by atoms with Gasteiger partial charge in [0, 0.05) is 75.9 Å². The van der Waals surface area contributed by atoms with E-state index in [1.165, 1.54) is 12.3 Å². The number of imidazole rings is 1. The van der Waals surface area contributed by atoms with Crippen molar-refractivity contribution in [3.63, 3.8) is 0 Å². The lowest BCUT2D eigenvalue weighted by atomic mass is 9.86. The zero-order valence-electron chi connectivity index (χ0n) is 29.9. The molecule has 52 heavy (non-hydrogen) atoms. The van der Waals surface area contributed by atoms with Gasteiger partial charge in [-0.1, -0.05) is 12.8 Å². The van der Waals surface area contributed by atoms with Crippen molar-refractivity contribution in [1.82, 2.24) is 34.8 Å². The normalized spacial score (nSPS) is 19.4. The fraction of sp³-hybridized carbons (Fsp3) is 0.568. The Hall–Kier alpha value is -4.37. The second-order valence-corrected chi connectivity index (χ2v) is 14.8. The average Bonchev–Trinajstić information content (AvgIpc) is 3.71. The van der Waals surface area contributed by atoms with Crippen LogP contribution in [0.4, 0.5) is 24.7 Å². The number of carboxylic acid groups (broad SMARTS) is 1. The minimum atomic E-state index is -4.53. The van der Waals surface area contributed by atoms with E-state index in [1.54, 1.807) is 19.5 Å². The lowest BCUT2D eigenvalue weighted by Gasteiger charge is -2.40. The summed E-state index contributed by atoms with van der Waals surface area (Å²) in [5, 5.41) is 8.99. The maximum atomic E-state index is 14.2. The van der Waals surface area contributed by atoms with Crippen molar-refractivity contribution < 1.29 is 27.8 Å². The number of anilines is 2. The molecule has 1 atom stereocenters. The van der Waals surface area contributed by atoms with Crippen LogP contribution in [-0.4, -0.2) is 105 Å². The van der Waals surface area contributed by atoms with E-state index >= 15 is 0 Å². The van der Waals surface area contributed by atoms with Gasteiger partial charge in [0.2, 0.25) is 0 Å². The molecule has 4 aromatic heterocycles. The van der Waals surface area contributed by atoms with Crippen molar-refractivity contribution in [3.05, 3.63) is 42.0 Å². The zero-order chi connectivity index (χ0) is 36.6. The molecule has 0 aromatic carbocycles. The van der Waals surface area contributed by atoms with Gasteiger partial charge in [0.1, 0.15) is 17.0 Å². The van der Waals surface area contributed by atoms with Crippen molar-refractivity contribution in [3.8, 4) is 22.8 Å². The fourth-order valence-corrected chi connectivity index (χ4v) is 8.01. The summed E-state index contributed by atoms with van der Waals surface area (Å²) in [5.74, 6) is 0.257. The van der Waals surface area contributed by atoms with Crippen LogP contribution < -0.4 is 9.80 Å². The van der Waals surface area contributed by atoms with Gasteiger partial charge in [-0.15, -0.1) is 0 Å². The molecule has 12 nitrogen and oxygen atoms in total. The highest BCUT2D eigenvalue weighted by Crippen LogP contribution is 2.46. The lowest BCUT2D eigenvalue weighted by molar-refractivity contribution is -0.139. The molecule has 278 valence electrons. The highest BCUT2D eigenvalue weighted by Gasteiger charge is 2.40. The first-order valence-electron chi connectivity index (χ1n) is 18.1. The van der Waals surface area contributed by atoms with Crippen LogP contribution in [0.25, 0.3) is 33.9 Å². The number of rotatable bonds is 13. The Labute approximate surface area is 300 Å². The first kappa shape index (κ1) is 36.0. The number of piperazine rings is 1. The van der Waals surface area contributed by atoms with Crippen molar-refractivity contribution in [2.24, 2.45) is 5.41 Å². The first-order chi connectivity index (χ1) is 24.9. The molecule has 2 saturated carbocycles. The number of hydrogen-bond acceptors (Lipinski definition) is 10. The van der Waals surface area contributed by atoms with Gasteiger partial charge in [-0.3, -0.25) is 14.7 Å². The summed E-state index contributed by atoms with van der Waals surface area (Å²) < 4.78 is 48.4. The zero-order valence-corrected chi connectivity index (χ0v) is 29.9. The van der Waals surface area contributed by atoms with Gasteiger partial charge in [0.15, 0.2) is 11.5 Å². The molecule has 1 saturated heterocycles. The van der Waals surface area contributed by atoms with E-state index in [0.29, 0.717) is 60.8 Å². The third kappa shape index (κ3) is 7.70. The third-order valence-electron chi connectivity index (χ3n) is 10.8. The van der Waals surface area contributed by atoms with Crippen LogP contribution in [0, 0.1) is 5.41 Å². The molecule has 15 heteroatoms. The largest absolute Gasteiger partial charge is 0.481 e. The summed E-state index contributed by atoms with van der Waals surface area (Å²) in [5.41, 5.74) is 2.30. The fourth-order valence-electron chi connectivity index (χ4n) is 8.01. The molecule has 0 radical (unpaired) electrons. The Morgan fingerprint density at radius 1 is 1.08 bits per heavy atom. The number of pyridine rings is 2. The SMILES string of the molecule is COCC1(CN(C)c2cc(-c3cnc(C4CC4)c(C(F)(F)F)c3)nc3nc(-c4cnc(N5CCN(CCCC(=O)O)[C@H](C)C5)cn4)[nH]c23)CCCC1. The summed E-state index contributed by atoms with van der Waals surface area (Å²) in [6.45, 7) is 6.47.